The average Bonchev–Trinajstić information content (AvgIpc) is 3.74. The molecule has 0 saturated carbocycles. The third-order valence-corrected chi connectivity index (χ3v) is 17.4. The van der Waals surface area contributed by atoms with Gasteiger partial charge in [-0.3, -0.25) is 19.0 Å². The van der Waals surface area contributed by atoms with Crippen LogP contribution in [-0.4, -0.2) is 86.0 Å². The summed E-state index contributed by atoms with van der Waals surface area (Å²) in [6, 6.07) is 5.99. The van der Waals surface area contributed by atoms with E-state index in [9.17, 15) is 24.0 Å². The zero-order chi connectivity index (χ0) is 47.2. The fourth-order valence-corrected chi connectivity index (χ4v) is 9.57. The van der Waals surface area contributed by atoms with Crippen molar-refractivity contribution >= 4 is 62.3 Å². The Kier molecular flexibility index (Phi) is 16.4. The second kappa shape index (κ2) is 20.3. The zero-order valence-electron chi connectivity index (χ0n) is 40.1. The van der Waals surface area contributed by atoms with Crippen molar-refractivity contribution in [1.82, 2.24) is 20.2 Å². The number of nitrogens with zero attached hydrogens (tertiary/aromatic N) is 2. The SMILES string of the molecule is CC1=C\C(O[Si](C)(C)C(C)(C)C)CC(=O)Cc2nc(c([Si](C)(C)C)o2)C(=O)N[C@H](Cc2cn(C(=O)OC(C)(C)C)c3ccccc23)C(=O)O[C@H](C(C)C)[C@H](C)/C=C/C(=O)NC\C=C\1. The maximum Gasteiger partial charge on any atom is 0.419 e. The second-order valence-electron chi connectivity index (χ2n) is 20.5. The van der Waals surface area contributed by atoms with Gasteiger partial charge in [0.05, 0.1) is 18.0 Å². The number of aromatic nitrogens is 2. The highest BCUT2D eigenvalue weighted by molar-refractivity contribution is 6.88. The van der Waals surface area contributed by atoms with Gasteiger partial charge in [-0.05, 0) is 69.5 Å². The molecule has 0 radical (unpaired) electrons. The Labute approximate surface area is 375 Å². The molecule has 1 aliphatic heterocycles. The van der Waals surface area contributed by atoms with Crippen molar-refractivity contribution < 1.29 is 42.3 Å². The number of esters is 1. The molecule has 1 aromatic carbocycles. The van der Waals surface area contributed by atoms with Crippen LogP contribution in [0.5, 0.6) is 0 Å². The lowest BCUT2D eigenvalue weighted by Crippen LogP contribution is -2.48. The average molecular weight is 903 g/mol. The molecule has 15 heteroatoms. The number of hydrogen-bond donors (Lipinski definition) is 2. The van der Waals surface area contributed by atoms with Gasteiger partial charge in [-0.2, -0.15) is 0 Å². The molecular weight excluding hydrogens is 833 g/mol. The summed E-state index contributed by atoms with van der Waals surface area (Å²) in [5, 5.41) is 6.74. The number of amides is 2. The molecule has 4 atom stereocenters. The van der Waals surface area contributed by atoms with Crippen molar-refractivity contribution in [1.29, 1.82) is 0 Å². The first-order valence-electron chi connectivity index (χ1n) is 21.9. The summed E-state index contributed by atoms with van der Waals surface area (Å²) >= 11 is 0. The summed E-state index contributed by atoms with van der Waals surface area (Å²) in [4.78, 5) is 73.9. The van der Waals surface area contributed by atoms with Crippen molar-refractivity contribution in [3.8, 4) is 0 Å². The molecule has 0 aliphatic carbocycles. The number of benzene rings is 1. The molecule has 344 valence electrons. The molecule has 63 heavy (non-hydrogen) atoms. The predicted octanol–water partition coefficient (Wildman–Crippen LogP) is 8.58. The minimum absolute atomic E-state index is 0.00187. The van der Waals surface area contributed by atoms with Gasteiger partial charge in [-0.15, -0.1) is 0 Å². The third kappa shape index (κ3) is 14.1. The number of carbonyl (C=O) groups excluding carboxylic acids is 5. The van der Waals surface area contributed by atoms with E-state index < -0.39 is 58.2 Å². The van der Waals surface area contributed by atoms with Crippen molar-refractivity contribution in [2.24, 2.45) is 11.8 Å². The number of hydrogen-bond acceptors (Lipinski definition) is 10. The van der Waals surface area contributed by atoms with E-state index in [0.717, 1.165) is 5.57 Å². The Morgan fingerprint density at radius 2 is 1.67 bits per heavy atom. The Morgan fingerprint density at radius 3 is 2.29 bits per heavy atom. The van der Waals surface area contributed by atoms with Gasteiger partial charge >= 0.3 is 12.1 Å². The van der Waals surface area contributed by atoms with Gasteiger partial charge in [0.2, 0.25) is 11.8 Å². The molecule has 2 N–H and O–H groups in total. The summed E-state index contributed by atoms with van der Waals surface area (Å²) < 4.78 is 26.4. The van der Waals surface area contributed by atoms with Crippen molar-refractivity contribution in [2.45, 2.75) is 150 Å². The minimum atomic E-state index is -2.42. The number of fused-ring (bicyclic) bond motifs is 3. The van der Waals surface area contributed by atoms with Gasteiger partial charge in [0.1, 0.15) is 37.0 Å². The number of para-hydroxylation sites is 1. The lowest BCUT2D eigenvalue weighted by Gasteiger charge is -2.38. The van der Waals surface area contributed by atoms with Gasteiger partial charge in [0.15, 0.2) is 14.0 Å². The molecule has 3 heterocycles. The molecule has 0 fully saturated rings. The number of nitrogens with one attached hydrogen (secondary N) is 2. The van der Waals surface area contributed by atoms with E-state index >= 15 is 0 Å². The number of allylic oxidation sites excluding steroid dienone is 2. The fourth-order valence-electron chi connectivity index (χ4n) is 7.00. The molecule has 0 spiro atoms. The van der Waals surface area contributed by atoms with Gasteiger partial charge in [-0.25, -0.2) is 14.6 Å². The fraction of sp³-hybridized carbons (Fsp3) is 0.542. The van der Waals surface area contributed by atoms with Crippen LogP contribution < -0.4 is 16.0 Å². The van der Waals surface area contributed by atoms with Gasteiger partial charge < -0.3 is 29.0 Å². The number of carbonyl (C=O) groups is 5. The summed E-state index contributed by atoms with van der Waals surface area (Å²) in [7, 11) is -4.76. The number of Topliss-reactive ketones (excluding diaryl/α,β-unsaturated/α-hetero) is 1. The van der Waals surface area contributed by atoms with Gasteiger partial charge in [0.25, 0.3) is 5.91 Å². The molecule has 3 aromatic rings. The molecule has 1 aliphatic rings. The Bertz CT molecular complexity index is 2250. The smallest absolute Gasteiger partial charge is 0.419 e. The van der Waals surface area contributed by atoms with E-state index in [1.54, 1.807) is 45.2 Å². The van der Waals surface area contributed by atoms with Crippen LogP contribution in [0.25, 0.3) is 10.9 Å². The second-order valence-corrected chi connectivity index (χ2v) is 30.3. The number of oxazole rings is 1. The van der Waals surface area contributed by atoms with E-state index in [1.165, 1.54) is 10.6 Å². The molecule has 2 aromatic heterocycles. The van der Waals surface area contributed by atoms with Crippen LogP contribution in [0.4, 0.5) is 4.79 Å². The largest absolute Gasteiger partial charge is 0.460 e. The number of cyclic esters (lactones) is 1. The van der Waals surface area contributed by atoms with Crippen LogP contribution in [0.2, 0.25) is 37.8 Å². The minimum Gasteiger partial charge on any atom is -0.460 e. The van der Waals surface area contributed by atoms with Crippen molar-refractivity contribution in [3.05, 3.63) is 83.6 Å². The Hall–Kier alpha value is -4.87. The highest BCUT2D eigenvalue weighted by Gasteiger charge is 2.40. The standard InChI is InChI=1S/C48H70N4O9Si2/c1-30(2)42-32(4)22-23-39(54)49-24-18-19-31(3)25-35(61-63(14,15)48(8,9)10)27-34(53)28-40-51-41(45(58-40)62(11,12)13)43(55)50-37(44(56)59-42)26-33-29-52(46(57)60-47(5,6)7)38-21-17-16-20-36(33)38/h16-23,25,29-30,32,35,37,42H,24,26-28H2,1-15H3,(H,49,54)(H,50,55)/b19-18+,23-22+,31-25+/t32-,35?,37-,42-/m1/s1. The van der Waals surface area contributed by atoms with Crippen molar-refractivity contribution in [2.75, 3.05) is 6.54 Å². The molecule has 2 amide bonds. The monoisotopic (exact) mass is 902 g/mol. The molecular formula is C48H70N4O9Si2. The normalized spacial score (nSPS) is 22.8. The maximum atomic E-state index is 14.5. The molecule has 2 bridgehead atoms. The van der Waals surface area contributed by atoms with Crippen LogP contribution >= 0.6 is 0 Å². The van der Waals surface area contributed by atoms with E-state index in [4.69, 9.17) is 18.3 Å². The van der Waals surface area contributed by atoms with Gasteiger partial charge in [0, 0.05) is 36.9 Å². The lowest BCUT2D eigenvalue weighted by atomic mass is 9.94. The van der Waals surface area contributed by atoms with E-state index in [-0.39, 0.29) is 66.0 Å². The third-order valence-electron chi connectivity index (χ3n) is 11.2. The van der Waals surface area contributed by atoms with Gasteiger partial charge in [-0.1, -0.05) is 109 Å². The van der Waals surface area contributed by atoms with E-state index in [1.807, 2.05) is 77.7 Å². The molecule has 0 saturated heterocycles. The maximum absolute atomic E-state index is 14.5. The first-order valence-corrected chi connectivity index (χ1v) is 28.3. The Morgan fingerprint density at radius 1 is 1.00 bits per heavy atom. The summed E-state index contributed by atoms with van der Waals surface area (Å²) in [6.45, 7) is 29.9. The van der Waals surface area contributed by atoms with E-state index in [0.29, 0.717) is 21.8 Å². The van der Waals surface area contributed by atoms with Crippen LogP contribution in [0.3, 0.4) is 0 Å². The summed E-state index contributed by atoms with van der Waals surface area (Å²) in [5.41, 5.74) is 1.26. The first-order chi connectivity index (χ1) is 29.1. The van der Waals surface area contributed by atoms with Crippen LogP contribution in [0, 0.1) is 11.8 Å². The predicted molar refractivity (Wildman–Crippen MR) is 252 cm³/mol. The molecule has 4 rings (SSSR count). The molecule has 1 unspecified atom stereocenters. The zero-order valence-corrected chi connectivity index (χ0v) is 42.1. The lowest BCUT2D eigenvalue weighted by molar-refractivity contribution is -0.155. The highest BCUT2D eigenvalue weighted by Crippen LogP contribution is 2.38. The summed E-state index contributed by atoms with van der Waals surface area (Å²) in [5.74, 6) is -2.34. The quantitative estimate of drug-likeness (QED) is 0.181. The number of rotatable bonds is 6. The Balaban J connectivity index is 1.83. The number of ether oxygens (including phenoxy) is 2. The van der Waals surface area contributed by atoms with E-state index in [2.05, 4.69) is 49.5 Å². The van der Waals surface area contributed by atoms with Crippen molar-refractivity contribution in [3.63, 3.8) is 0 Å². The molecule has 13 nitrogen and oxygen atoms in total. The topological polar surface area (TPSA) is 168 Å². The van der Waals surface area contributed by atoms with Crippen LogP contribution in [0.1, 0.15) is 97.6 Å². The van der Waals surface area contributed by atoms with Crippen LogP contribution in [0.15, 0.2) is 70.8 Å². The highest BCUT2D eigenvalue weighted by atomic mass is 28.4. The number of ketones is 1. The first kappa shape index (κ1) is 50.8. The summed E-state index contributed by atoms with van der Waals surface area (Å²) in [6.07, 6.45) is 8.41. The van der Waals surface area contributed by atoms with Crippen LogP contribution in [-0.2, 0) is 41.1 Å².